The largest absolute Gasteiger partial charge is 0.507 e. The van der Waals surface area contributed by atoms with Gasteiger partial charge in [-0.2, -0.15) is 0 Å². The maximum atomic E-state index is 11.0. The second kappa shape index (κ2) is 7.87. The zero-order valence-corrected chi connectivity index (χ0v) is 19.0. The van der Waals surface area contributed by atoms with Crippen LogP contribution < -0.4 is 4.90 Å². The molecule has 1 saturated heterocycles. The van der Waals surface area contributed by atoms with Crippen LogP contribution in [0.15, 0.2) is 42.5 Å². The van der Waals surface area contributed by atoms with Gasteiger partial charge in [-0.05, 0) is 65.6 Å². The zero-order valence-electron chi connectivity index (χ0n) is 19.0. The zero-order chi connectivity index (χ0) is 21.6. The van der Waals surface area contributed by atoms with Gasteiger partial charge < -0.3 is 14.7 Å². The van der Waals surface area contributed by atoms with Crippen molar-refractivity contribution in [3.8, 4) is 16.9 Å². The van der Waals surface area contributed by atoms with Crippen LogP contribution in [-0.2, 0) is 10.2 Å². The molecule has 1 aliphatic heterocycles. The molecule has 162 valence electrons. The Morgan fingerprint density at radius 3 is 2.35 bits per heavy atom. The first-order valence-corrected chi connectivity index (χ1v) is 11.8. The minimum Gasteiger partial charge on any atom is -0.507 e. The van der Waals surface area contributed by atoms with Crippen molar-refractivity contribution in [2.24, 2.45) is 0 Å². The molecule has 0 amide bonds. The van der Waals surface area contributed by atoms with Crippen molar-refractivity contribution in [2.75, 3.05) is 31.2 Å². The highest BCUT2D eigenvalue weighted by Gasteiger charge is 2.43. The summed E-state index contributed by atoms with van der Waals surface area (Å²) >= 11 is 0. The van der Waals surface area contributed by atoms with E-state index in [-0.39, 0.29) is 5.41 Å². The van der Waals surface area contributed by atoms with Gasteiger partial charge in [-0.3, -0.25) is 0 Å². The van der Waals surface area contributed by atoms with Crippen LogP contribution in [0.2, 0.25) is 0 Å². The highest BCUT2D eigenvalue weighted by Crippen LogP contribution is 2.57. The van der Waals surface area contributed by atoms with Crippen LogP contribution >= 0.6 is 0 Å². The number of rotatable bonds is 5. The van der Waals surface area contributed by atoms with Crippen LogP contribution in [-0.4, -0.2) is 31.4 Å². The van der Waals surface area contributed by atoms with Gasteiger partial charge >= 0.3 is 0 Å². The van der Waals surface area contributed by atoms with Crippen LogP contribution in [0.4, 0.5) is 5.69 Å². The van der Waals surface area contributed by atoms with Crippen molar-refractivity contribution < 1.29 is 9.84 Å². The van der Waals surface area contributed by atoms with E-state index in [4.69, 9.17) is 4.74 Å². The quantitative estimate of drug-likeness (QED) is 0.512. The lowest BCUT2D eigenvalue weighted by Crippen LogP contribution is -2.36. The standard InChI is InChI=1S/C28H33NO2/c1-4-10-28(11-5-2)24-17-20(29-12-14-31-15-13-29)7-9-22(24)27-23-16-19(3)6-8-21(23)26(30)18-25(27)28/h6-9,16-18,30H,4-5,10-15H2,1-3H3. The molecule has 3 nitrogen and oxygen atoms in total. The van der Waals surface area contributed by atoms with Crippen molar-refractivity contribution >= 4 is 16.5 Å². The topological polar surface area (TPSA) is 32.7 Å². The summed E-state index contributed by atoms with van der Waals surface area (Å²) in [5, 5.41) is 13.1. The number of phenols is 1. The molecule has 0 radical (unpaired) electrons. The van der Waals surface area contributed by atoms with Crippen molar-refractivity contribution in [2.45, 2.75) is 51.9 Å². The highest BCUT2D eigenvalue weighted by molar-refractivity contribution is 6.05. The normalized spacial score (nSPS) is 17.1. The van der Waals surface area contributed by atoms with Crippen LogP contribution in [0.1, 0.15) is 56.2 Å². The van der Waals surface area contributed by atoms with Gasteiger partial charge in [0.05, 0.1) is 13.2 Å². The Labute approximate surface area is 185 Å². The Bertz CT molecular complexity index is 1120. The minimum absolute atomic E-state index is 0.0358. The number of benzene rings is 3. The summed E-state index contributed by atoms with van der Waals surface area (Å²) in [6, 6.07) is 15.6. The first-order chi connectivity index (χ1) is 15.1. The average molecular weight is 416 g/mol. The summed E-state index contributed by atoms with van der Waals surface area (Å²) in [5.41, 5.74) is 7.95. The van der Waals surface area contributed by atoms with Gasteiger partial charge in [0.1, 0.15) is 5.75 Å². The molecule has 31 heavy (non-hydrogen) atoms. The third-order valence-corrected chi connectivity index (χ3v) is 7.30. The summed E-state index contributed by atoms with van der Waals surface area (Å²) in [6.45, 7) is 10.2. The number of nitrogens with zero attached hydrogens (tertiary/aromatic N) is 1. The molecule has 1 fully saturated rings. The Hall–Kier alpha value is -2.52. The fourth-order valence-electron chi connectivity index (χ4n) is 6.01. The third-order valence-electron chi connectivity index (χ3n) is 7.30. The van der Waals surface area contributed by atoms with E-state index < -0.39 is 0 Å². The molecular weight excluding hydrogens is 382 g/mol. The fourth-order valence-corrected chi connectivity index (χ4v) is 6.01. The number of fused-ring (bicyclic) bond motifs is 5. The van der Waals surface area contributed by atoms with Gasteiger partial charge in [-0.15, -0.1) is 0 Å². The van der Waals surface area contributed by atoms with Crippen molar-refractivity contribution in [3.05, 3.63) is 59.2 Å². The van der Waals surface area contributed by atoms with Crippen molar-refractivity contribution in [3.63, 3.8) is 0 Å². The predicted octanol–water partition coefficient (Wildman–Crippen LogP) is 6.56. The van der Waals surface area contributed by atoms with Crippen LogP contribution in [0.5, 0.6) is 5.75 Å². The minimum atomic E-state index is -0.0358. The van der Waals surface area contributed by atoms with Gasteiger partial charge in [0.25, 0.3) is 0 Å². The van der Waals surface area contributed by atoms with E-state index >= 15 is 0 Å². The first-order valence-electron chi connectivity index (χ1n) is 11.8. The molecule has 0 saturated carbocycles. The number of phenolic OH excluding ortho intramolecular Hbond substituents is 1. The molecule has 1 N–H and O–H groups in total. The first kappa shape index (κ1) is 20.4. The maximum absolute atomic E-state index is 11.0. The Balaban J connectivity index is 1.80. The smallest absolute Gasteiger partial charge is 0.123 e. The Morgan fingerprint density at radius 2 is 1.65 bits per heavy atom. The number of aryl methyl sites for hydroxylation is 1. The second-order valence-electron chi connectivity index (χ2n) is 9.28. The van der Waals surface area contributed by atoms with Crippen LogP contribution in [0.3, 0.4) is 0 Å². The summed E-state index contributed by atoms with van der Waals surface area (Å²) < 4.78 is 5.59. The number of hydrogen-bond donors (Lipinski definition) is 1. The summed E-state index contributed by atoms with van der Waals surface area (Å²) in [4.78, 5) is 2.45. The molecule has 0 unspecified atom stereocenters. The number of anilines is 1. The van der Waals surface area contributed by atoms with E-state index in [2.05, 4.69) is 68.1 Å². The molecule has 0 aromatic heterocycles. The van der Waals surface area contributed by atoms with E-state index in [1.807, 2.05) is 0 Å². The molecule has 5 rings (SSSR count). The lowest BCUT2D eigenvalue weighted by Gasteiger charge is -2.34. The monoisotopic (exact) mass is 415 g/mol. The number of morpholine rings is 1. The molecule has 0 spiro atoms. The second-order valence-corrected chi connectivity index (χ2v) is 9.28. The molecule has 1 aliphatic carbocycles. The van der Waals surface area contributed by atoms with Crippen molar-refractivity contribution in [1.29, 1.82) is 0 Å². The number of hydrogen-bond acceptors (Lipinski definition) is 3. The molecular formula is C28H33NO2. The van der Waals surface area contributed by atoms with Gasteiger partial charge in [0.15, 0.2) is 0 Å². The highest BCUT2D eigenvalue weighted by atomic mass is 16.5. The Kier molecular flexibility index (Phi) is 5.18. The van der Waals surface area contributed by atoms with Crippen LogP contribution in [0.25, 0.3) is 21.9 Å². The molecule has 0 atom stereocenters. The lowest BCUT2D eigenvalue weighted by molar-refractivity contribution is 0.122. The lowest BCUT2D eigenvalue weighted by atomic mass is 9.71. The molecule has 3 heteroatoms. The molecule has 3 aromatic carbocycles. The van der Waals surface area contributed by atoms with Gasteiger partial charge in [0, 0.05) is 29.6 Å². The third kappa shape index (κ3) is 3.13. The summed E-state index contributed by atoms with van der Waals surface area (Å²) in [7, 11) is 0. The van der Waals surface area contributed by atoms with Gasteiger partial charge in [-0.25, -0.2) is 0 Å². The van der Waals surface area contributed by atoms with E-state index in [1.54, 1.807) is 0 Å². The van der Waals surface area contributed by atoms with E-state index in [9.17, 15) is 5.11 Å². The number of aromatic hydroxyl groups is 1. The Morgan fingerprint density at radius 1 is 0.903 bits per heavy atom. The SMILES string of the molecule is CCCC1(CCC)c2cc(N3CCOCC3)ccc2-c2c1cc(O)c1ccc(C)cc21. The van der Waals surface area contributed by atoms with E-state index in [0.29, 0.717) is 5.75 Å². The molecule has 3 aromatic rings. The maximum Gasteiger partial charge on any atom is 0.123 e. The van der Waals surface area contributed by atoms with E-state index in [0.717, 1.165) is 57.4 Å². The summed E-state index contributed by atoms with van der Waals surface area (Å²) in [6.07, 6.45) is 4.44. The van der Waals surface area contributed by atoms with Gasteiger partial charge in [0.2, 0.25) is 0 Å². The van der Waals surface area contributed by atoms with E-state index in [1.165, 1.54) is 38.9 Å². The number of ether oxygens (including phenoxy) is 1. The summed E-state index contributed by atoms with van der Waals surface area (Å²) in [5.74, 6) is 0.409. The van der Waals surface area contributed by atoms with Gasteiger partial charge in [-0.1, -0.05) is 56.5 Å². The average Bonchev–Trinajstić information content (AvgIpc) is 3.04. The van der Waals surface area contributed by atoms with Crippen LogP contribution in [0, 0.1) is 6.92 Å². The van der Waals surface area contributed by atoms with Crippen molar-refractivity contribution in [1.82, 2.24) is 0 Å². The fraction of sp³-hybridized carbons (Fsp3) is 0.429. The molecule has 0 bridgehead atoms. The predicted molar refractivity (Wildman–Crippen MR) is 129 cm³/mol. The molecule has 2 aliphatic rings. The molecule has 1 heterocycles.